The molecule has 0 aromatic heterocycles. The van der Waals surface area contributed by atoms with Crippen LogP contribution in [-0.4, -0.2) is 42.4 Å². The number of hydrogen-bond acceptors (Lipinski definition) is 4. The highest BCUT2D eigenvalue weighted by Gasteiger charge is 2.10. The van der Waals surface area contributed by atoms with Gasteiger partial charge < -0.3 is 10.2 Å². The van der Waals surface area contributed by atoms with Crippen molar-refractivity contribution >= 4 is 23.4 Å². The van der Waals surface area contributed by atoms with E-state index in [2.05, 4.69) is 36.5 Å². The van der Waals surface area contributed by atoms with E-state index in [0.29, 0.717) is 23.7 Å². The summed E-state index contributed by atoms with van der Waals surface area (Å²) in [5.74, 6) is 1.06. The Morgan fingerprint density at radius 2 is 2.19 bits per heavy atom. The lowest BCUT2D eigenvalue weighted by Gasteiger charge is -2.23. The molecular weight excluding hydrogens is 282 g/mol. The summed E-state index contributed by atoms with van der Waals surface area (Å²) >= 11 is 1.83. The van der Waals surface area contributed by atoms with Crippen LogP contribution >= 0.6 is 11.8 Å². The Balaban J connectivity index is 2.36. The average molecular weight is 305 g/mol. The molecule has 114 valence electrons. The normalized spacial score (nSPS) is 12.0. The van der Waals surface area contributed by atoms with Gasteiger partial charge in [0, 0.05) is 18.2 Å². The molecule has 0 aliphatic rings. The van der Waals surface area contributed by atoms with Crippen LogP contribution in [0.1, 0.15) is 25.3 Å². The Bertz CT molecular complexity index is 499. The second-order valence-electron chi connectivity index (χ2n) is 5.09. The molecule has 1 rings (SSSR count). The molecule has 0 heterocycles. The van der Waals surface area contributed by atoms with E-state index in [0.717, 1.165) is 18.7 Å². The van der Waals surface area contributed by atoms with Crippen molar-refractivity contribution < 1.29 is 4.79 Å². The van der Waals surface area contributed by atoms with Gasteiger partial charge in [0.05, 0.1) is 11.3 Å². The van der Waals surface area contributed by atoms with Gasteiger partial charge in [-0.2, -0.15) is 17.0 Å². The van der Waals surface area contributed by atoms with Crippen molar-refractivity contribution in [2.45, 2.75) is 25.8 Å². The highest BCUT2D eigenvalue weighted by atomic mass is 32.2. The standard InChI is InChI=1S/C16H23N3OS/c1-13(12-21-3)19(2)10-6-9-16(20)18-15-8-5-4-7-14(15)11-17/h4-5,7-8,13H,6,9-10,12H2,1-3H3,(H,18,20). The van der Waals surface area contributed by atoms with E-state index in [1.54, 1.807) is 18.2 Å². The number of nitriles is 1. The summed E-state index contributed by atoms with van der Waals surface area (Å²) in [6.07, 6.45) is 3.39. The van der Waals surface area contributed by atoms with Crippen molar-refractivity contribution in [2.75, 3.05) is 30.9 Å². The number of amides is 1. The Kier molecular flexibility index (Phi) is 7.88. The summed E-state index contributed by atoms with van der Waals surface area (Å²) in [7, 11) is 2.09. The third-order valence-electron chi connectivity index (χ3n) is 3.40. The zero-order valence-corrected chi connectivity index (χ0v) is 13.7. The Hall–Kier alpha value is -1.51. The van der Waals surface area contributed by atoms with Crippen LogP contribution in [0.3, 0.4) is 0 Å². The lowest BCUT2D eigenvalue weighted by atomic mass is 10.2. The van der Waals surface area contributed by atoms with Gasteiger partial charge in [-0.25, -0.2) is 0 Å². The average Bonchev–Trinajstić information content (AvgIpc) is 2.47. The summed E-state index contributed by atoms with van der Waals surface area (Å²) in [4.78, 5) is 14.2. The SMILES string of the molecule is CSCC(C)N(C)CCCC(=O)Nc1ccccc1C#N. The molecule has 0 radical (unpaired) electrons. The molecule has 0 aliphatic carbocycles. The van der Waals surface area contributed by atoms with Crippen LogP contribution in [-0.2, 0) is 4.79 Å². The van der Waals surface area contributed by atoms with Crippen LogP contribution in [0.25, 0.3) is 0 Å². The highest BCUT2D eigenvalue weighted by molar-refractivity contribution is 7.98. The summed E-state index contributed by atoms with van der Waals surface area (Å²) < 4.78 is 0. The summed E-state index contributed by atoms with van der Waals surface area (Å²) in [6, 6.07) is 9.65. The largest absolute Gasteiger partial charge is 0.325 e. The van der Waals surface area contributed by atoms with Crippen LogP contribution in [0.15, 0.2) is 24.3 Å². The highest BCUT2D eigenvalue weighted by Crippen LogP contribution is 2.14. The van der Waals surface area contributed by atoms with Gasteiger partial charge in [0.1, 0.15) is 6.07 Å². The number of anilines is 1. The van der Waals surface area contributed by atoms with E-state index >= 15 is 0 Å². The van der Waals surface area contributed by atoms with Crippen molar-refractivity contribution in [1.29, 1.82) is 5.26 Å². The molecule has 0 bridgehead atoms. The number of carbonyl (C=O) groups excluding carboxylic acids is 1. The number of nitrogens with one attached hydrogen (secondary N) is 1. The molecule has 4 nitrogen and oxygen atoms in total. The minimum absolute atomic E-state index is 0.0383. The number of para-hydroxylation sites is 1. The first kappa shape index (κ1) is 17.5. The zero-order valence-electron chi connectivity index (χ0n) is 12.9. The molecule has 1 atom stereocenters. The molecule has 1 aromatic carbocycles. The summed E-state index contributed by atoms with van der Waals surface area (Å²) in [5.41, 5.74) is 1.09. The first-order valence-electron chi connectivity index (χ1n) is 7.06. The Morgan fingerprint density at radius 3 is 2.86 bits per heavy atom. The van der Waals surface area contributed by atoms with E-state index in [4.69, 9.17) is 5.26 Å². The van der Waals surface area contributed by atoms with Crippen molar-refractivity contribution in [3.63, 3.8) is 0 Å². The van der Waals surface area contributed by atoms with Gasteiger partial charge in [-0.3, -0.25) is 4.79 Å². The molecule has 1 aromatic rings. The third-order valence-corrected chi connectivity index (χ3v) is 4.21. The maximum atomic E-state index is 11.9. The predicted octanol–water partition coefficient (Wildman–Crippen LogP) is 2.96. The van der Waals surface area contributed by atoms with Gasteiger partial charge in [-0.1, -0.05) is 12.1 Å². The van der Waals surface area contributed by atoms with Crippen molar-refractivity contribution in [3.05, 3.63) is 29.8 Å². The van der Waals surface area contributed by atoms with Gasteiger partial charge >= 0.3 is 0 Å². The van der Waals surface area contributed by atoms with Gasteiger partial charge in [0.25, 0.3) is 0 Å². The second-order valence-corrected chi connectivity index (χ2v) is 6.00. The fourth-order valence-electron chi connectivity index (χ4n) is 1.98. The lowest BCUT2D eigenvalue weighted by molar-refractivity contribution is -0.116. The smallest absolute Gasteiger partial charge is 0.224 e. The number of carbonyl (C=O) groups is 1. The number of benzene rings is 1. The van der Waals surface area contributed by atoms with E-state index in [-0.39, 0.29) is 5.91 Å². The van der Waals surface area contributed by atoms with E-state index in [1.165, 1.54) is 0 Å². The number of nitrogens with zero attached hydrogens (tertiary/aromatic N) is 2. The fourth-order valence-corrected chi connectivity index (χ4v) is 2.72. The number of thioether (sulfide) groups is 1. The van der Waals surface area contributed by atoms with Crippen molar-refractivity contribution in [1.82, 2.24) is 4.90 Å². The summed E-state index contributed by atoms with van der Waals surface area (Å²) in [5, 5.41) is 11.8. The molecule has 1 unspecified atom stereocenters. The van der Waals surface area contributed by atoms with Crippen LogP contribution < -0.4 is 5.32 Å². The molecule has 0 saturated carbocycles. The fraction of sp³-hybridized carbons (Fsp3) is 0.500. The molecular formula is C16H23N3OS. The van der Waals surface area contributed by atoms with Crippen LogP contribution in [0.2, 0.25) is 0 Å². The quantitative estimate of drug-likeness (QED) is 0.802. The van der Waals surface area contributed by atoms with Crippen LogP contribution in [0, 0.1) is 11.3 Å². The van der Waals surface area contributed by atoms with Gasteiger partial charge in [-0.05, 0) is 45.3 Å². The molecule has 0 saturated heterocycles. The van der Waals surface area contributed by atoms with Gasteiger partial charge in [0.15, 0.2) is 0 Å². The number of hydrogen-bond donors (Lipinski definition) is 1. The maximum Gasteiger partial charge on any atom is 0.224 e. The van der Waals surface area contributed by atoms with Crippen molar-refractivity contribution in [2.24, 2.45) is 0 Å². The maximum absolute atomic E-state index is 11.9. The Morgan fingerprint density at radius 1 is 1.48 bits per heavy atom. The Labute approximate surface area is 131 Å². The van der Waals surface area contributed by atoms with E-state index < -0.39 is 0 Å². The third kappa shape index (κ3) is 6.19. The van der Waals surface area contributed by atoms with Gasteiger partial charge in [0.2, 0.25) is 5.91 Å². The molecule has 0 fully saturated rings. The van der Waals surface area contributed by atoms with Crippen LogP contribution in [0.5, 0.6) is 0 Å². The topological polar surface area (TPSA) is 56.1 Å². The van der Waals surface area contributed by atoms with Crippen LogP contribution in [0.4, 0.5) is 5.69 Å². The minimum Gasteiger partial charge on any atom is -0.325 e. The first-order chi connectivity index (χ1) is 10.1. The first-order valence-corrected chi connectivity index (χ1v) is 8.46. The van der Waals surface area contributed by atoms with Crippen molar-refractivity contribution in [3.8, 4) is 6.07 Å². The second kappa shape index (κ2) is 9.43. The number of rotatable bonds is 8. The molecule has 5 heteroatoms. The molecule has 0 spiro atoms. The molecule has 0 aliphatic heterocycles. The molecule has 1 amide bonds. The lowest BCUT2D eigenvalue weighted by Crippen LogP contribution is -2.32. The monoisotopic (exact) mass is 305 g/mol. The molecule has 21 heavy (non-hydrogen) atoms. The minimum atomic E-state index is -0.0383. The summed E-state index contributed by atoms with van der Waals surface area (Å²) in [6.45, 7) is 3.09. The van der Waals surface area contributed by atoms with E-state index in [1.807, 2.05) is 17.8 Å². The molecule has 1 N–H and O–H groups in total. The van der Waals surface area contributed by atoms with Gasteiger partial charge in [-0.15, -0.1) is 0 Å². The predicted molar refractivity (Wildman–Crippen MR) is 89.5 cm³/mol. The zero-order chi connectivity index (χ0) is 15.7. The van der Waals surface area contributed by atoms with E-state index in [9.17, 15) is 4.79 Å².